The van der Waals surface area contributed by atoms with Gasteiger partial charge in [0.1, 0.15) is 0 Å². The zero-order valence-electron chi connectivity index (χ0n) is 5.61. The van der Waals surface area contributed by atoms with Gasteiger partial charge in [0.15, 0.2) is 0 Å². The van der Waals surface area contributed by atoms with Crippen LogP contribution in [-0.4, -0.2) is 15.0 Å². The van der Waals surface area contributed by atoms with E-state index < -0.39 is 0 Å². The first-order valence-corrected chi connectivity index (χ1v) is 6.02. The van der Waals surface area contributed by atoms with E-state index >= 15 is 0 Å². The predicted octanol–water partition coefficient (Wildman–Crippen LogP) is 2.83. The van der Waals surface area contributed by atoms with Gasteiger partial charge >= 0.3 is 67.6 Å². The molecule has 1 saturated heterocycles. The molecule has 1 heterocycles. The molecule has 0 saturated carbocycles. The van der Waals surface area contributed by atoms with E-state index in [1.165, 1.54) is 29.1 Å². The van der Waals surface area contributed by atoms with Crippen molar-refractivity contribution >= 4 is 26.6 Å². The van der Waals surface area contributed by atoms with E-state index in [1.807, 2.05) is 6.92 Å². The van der Waals surface area contributed by atoms with Crippen LogP contribution in [0.25, 0.3) is 0 Å². The molecule has 0 aromatic carbocycles. The number of allylic oxidation sites excluding steroid dienone is 2. The van der Waals surface area contributed by atoms with Gasteiger partial charge < -0.3 is 0 Å². The van der Waals surface area contributed by atoms with Crippen LogP contribution in [-0.2, 0) is 0 Å². The van der Waals surface area contributed by atoms with Crippen molar-refractivity contribution in [3.63, 3.8) is 0 Å². The molecule has 0 aromatic heterocycles. The number of hydrogen-bond acceptors (Lipinski definition) is 0. The normalized spacial score (nSPS) is 26.0. The minimum atomic E-state index is 0.865. The Balaban J connectivity index is 2.49. The summed E-state index contributed by atoms with van der Waals surface area (Å²) in [5.74, 6) is 0. The summed E-state index contributed by atoms with van der Waals surface area (Å²) in [6.45, 7) is 2.01. The van der Waals surface area contributed by atoms with Crippen LogP contribution >= 0.6 is 11.6 Å². The van der Waals surface area contributed by atoms with Crippen molar-refractivity contribution in [3.05, 3.63) is 10.6 Å². The molecule has 0 radical (unpaired) electrons. The predicted molar refractivity (Wildman–Crippen MR) is 43.2 cm³/mol. The molecule has 0 bridgehead atoms. The van der Waals surface area contributed by atoms with Crippen molar-refractivity contribution in [1.82, 2.24) is 0 Å². The zero-order valence-corrected chi connectivity index (χ0v) is 8.08. The van der Waals surface area contributed by atoms with Gasteiger partial charge in [0.05, 0.1) is 0 Å². The molecular weight excluding hydrogens is 198 g/mol. The van der Waals surface area contributed by atoms with Gasteiger partial charge in [-0.1, -0.05) is 0 Å². The molecule has 0 aromatic rings. The molecule has 1 rings (SSSR count). The molecule has 0 amide bonds. The second kappa shape index (κ2) is 3.65. The molecule has 0 spiro atoms. The average Bonchev–Trinajstić information content (AvgIpc) is 1.90. The molecule has 2 heteroatoms. The van der Waals surface area contributed by atoms with Gasteiger partial charge in [-0.05, 0) is 0 Å². The van der Waals surface area contributed by atoms with E-state index in [4.69, 9.17) is 11.6 Å². The van der Waals surface area contributed by atoms with Gasteiger partial charge in [-0.25, -0.2) is 0 Å². The Kier molecular flexibility index (Phi) is 3.11. The molecule has 1 aliphatic heterocycles. The van der Waals surface area contributed by atoms with Gasteiger partial charge in [-0.3, -0.25) is 0 Å². The summed E-state index contributed by atoms with van der Waals surface area (Å²) >= 11 is 6.71. The van der Waals surface area contributed by atoms with E-state index in [0.717, 1.165) is 20.0 Å². The molecule has 1 aliphatic rings. The Labute approximate surface area is 67.8 Å². The van der Waals surface area contributed by atoms with Gasteiger partial charge in [0, 0.05) is 0 Å². The van der Waals surface area contributed by atoms with Crippen LogP contribution in [0.3, 0.4) is 0 Å². The van der Waals surface area contributed by atoms with E-state index in [2.05, 4.69) is 0 Å². The van der Waals surface area contributed by atoms with Crippen molar-refractivity contribution in [1.29, 1.82) is 0 Å². The Morgan fingerprint density at radius 3 is 2.78 bits per heavy atom. The van der Waals surface area contributed by atoms with Crippen molar-refractivity contribution in [2.75, 3.05) is 0 Å². The van der Waals surface area contributed by atoms with Gasteiger partial charge in [0.25, 0.3) is 0 Å². The second-order valence-corrected chi connectivity index (χ2v) is 5.18. The van der Waals surface area contributed by atoms with Gasteiger partial charge in [-0.2, -0.15) is 0 Å². The third-order valence-corrected chi connectivity index (χ3v) is 4.17. The van der Waals surface area contributed by atoms with E-state index in [1.54, 1.807) is 0 Å². The summed E-state index contributed by atoms with van der Waals surface area (Å²) in [5, 5.41) is 3.82. The van der Waals surface area contributed by atoms with E-state index in [-0.39, 0.29) is 0 Å². The first-order valence-electron chi connectivity index (χ1n) is 3.22. The third kappa shape index (κ3) is 2.33. The van der Waals surface area contributed by atoms with Crippen molar-refractivity contribution in [2.24, 2.45) is 0 Å². The van der Waals surface area contributed by atoms with Crippen LogP contribution in [0, 0.1) is 0 Å². The van der Waals surface area contributed by atoms with Gasteiger partial charge in [0.2, 0.25) is 0 Å². The molecule has 9 heavy (non-hydrogen) atoms. The van der Waals surface area contributed by atoms with Crippen molar-refractivity contribution in [3.8, 4) is 0 Å². The van der Waals surface area contributed by atoms with E-state index in [9.17, 15) is 0 Å². The maximum absolute atomic E-state index is 5.85. The summed E-state index contributed by atoms with van der Waals surface area (Å²) in [7, 11) is 0. The van der Waals surface area contributed by atoms with Crippen LogP contribution in [0.5, 0.6) is 0 Å². The van der Waals surface area contributed by atoms with Crippen LogP contribution in [0.4, 0.5) is 0 Å². The fourth-order valence-electron chi connectivity index (χ4n) is 0.927. The Morgan fingerprint density at radius 1 is 1.67 bits per heavy atom. The van der Waals surface area contributed by atoms with Crippen molar-refractivity contribution in [2.45, 2.75) is 30.4 Å². The van der Waals surface area contributed by atoms with Crippen molar-refractivity contribution < 1.29 is 0 Å². The quantitative estimate of drug-likeness (QED) is 0.538. The Bertz CT molecular complexity index is 117. The Morgan fingerprint density at radius 2 is 2.44 bits per heavy atom. The molecule has 1 fully saturated rings. The summed E-state index contributed by atoms with van der Waals surface area (Å²) < 4.78 is 0. The first-order chi connectivity index (χ1) is 4.30. The molecule has 0 nitrogen and oxygen atoms in total. The number of hydrogen-bond donors (Lipinski definition) is 0. The topological polar surface area (TPSA) is 0 Å². The molecular formula is C7H11ClSe. The SMILES string of the molecule is C/C(Cl)=C1\CCC[Se]C1. The van der Waals surface area contributed by atoms with Crippen LogP contribution < -0.4 is 0 Å². The fraction of sp³-hybridized carbons (Fsp3) is 0.714. The van der Waals surface area contributed by atoms with E-state index in [0.29, 0.717) is 0 Å². The zero-order chi connectivity index (χ0) is 6.69. The summed E-state index contributed by atoms with van der Waals surface area (Å²) in [6.07, 6.45) is 2.64. The Hall–Kier alpha value is 0.549. The summed E-state index contributed by atoms with van der Waals surface area (Å²) in [4.78, 5) is 0. The summed E-state index contributed by atoms with van der Waals surface area (Å²) in [5.41, 5.74) is 1.52. The van der Waals surface area contributed by atoms with Gasteiger partial charge in [-0.15, -0.1) is 0 Å². The minimum absolute atomic E-state index is 0.865. The molecule has 0 N–H and O–H groups in total. The average molecular weight is 210 g/mol. The molecule has 0 atom stereocenters. The number of rotatable bonds is 0. The van der Waals surface area contributed by atoms with Crippen LogP contribution in [0.15, 0.2) is 10.6 Å². The first kappa shape index (κ1) is 7.65. The third-order valence-electron chi connectivity index (χ3n) is 1.53. The maximum atomic E-state index is 5.85. The second-order valence-electron chi connectivity index (χ2n) is 2.29. The molecule has 0 unspecified atom stereocenters. The fourth-order valence-corrected chi connectivity index (χ4v) is 3.58. The molecule has 0 aliphatic carbocycles. The van der Waals surface area contributed by atoms with Crippen LogP contribution in [0.2, 0.25) is 10.6 Å². The molecule has 52 valence electrons. The number of halogens is 1. The monoisotopic (exact) mass is 210 g/mol. The standard InChI is InChI=1S/C7H11ClSe/c1-6(8)7-3-2-4-9-5-7/h2-5H2,1H3/b7-6-. The summed E-state index contributed by atoms with van der Waals surface area (Å²) in [6, 6.07) is 0. The van der Waals surface area contributed by atoms with Crippen LogP contribution in [0.1, 0.15) is 19.8 Å².